The van der Waals surface area contributed by atoms with E-state index in [1.165, 1.54) is 0 Å². The van der Waals surface area contributed by atoms with Crippen LogP contribution in [0.2, 0.25) is 0 Å². The van der Waals surface area contributed by atoms with Crippen LogP contribution in [0.5, 0.6) is 0 Å². The molecule has 16 heavy (non-hydrogen) atoms. The number of nitrogens with two attached hydrogens (primary N) is 1. The van der Waals surface area contributed by atoms with Gasteiger partial charge in [-0.1, -0.05) is 6.07 Å². The summed E-state index contributed by atoms with van der Waals surface area (Å²) in [7, 11) is 0. The van der Waals surface area contributed by atoms with Crippen LogP contribution in [0.25, 0.3) is 0 Å². The highest BCUT2D eigenvalue weighted by molar-refractivity contribution is 5.96. The molecule has 1 aromatic carbocycles. The molecule has 1 atom stereocenters. The van der Waals surface area contributed by atoms with Gasteiger partial charge in [-0.25, -0.2) is 0 Å². The average Bonchev–Trinajstić information content (AvgIpc) is 2.64. The zero-order valence-corrected chi connectivity index (χ0v) is 9.23. The first-order valence-electron chi connectivity index (χ1n) is 5.24. The van der Waals surface area contributed by atoms with Gasteiger partial charge >= 0.3 is 0 Å². The van der Waals surface area contributed by atoms with Crippen molar-refractivity contribution in [2.75, 3.05) is 17.2 Å². The molecule has 1 aliphatic rings. The van der Waals surface area contributed by atoms with Gasteiger partial charge in [0, 0.05) is 30.3 Å². The fourth-order valence-corrected chi connectivity index (χ4v) is 1.86. The second kappa shape index (κ2) is 3.90. The number of nitrogens with zero attached hydrogens (tertiary/aromatic N) is 1. The minimum Gasteiger partial charge on any atom is -0.398 e. The molecule has 1 unspecified atom stereocenters. The van der Waals surface area contributed by atoms with E-state index >= 15 is 0 Å². The van der Waals surface area contributed by atoms with Crippen LogP contribution in [0.3, 0.4) is 0 Å². The number of benzene rings is 1. The van der Waals surface area contributed by atoms with Gasteiger partial charge < -0.3 is 10.6 Å². The van der Waals surface area contributed by atoms with E-state index < -0.39 is 0 Å². The van der Waals surface area contributed by atoms with Gasteiger partial charge in [0.05, 0.1) is 0 Å². The molecular weight excluding hydrogens is 200 g/mol. The lowest BCUT2D eigenvalue weighted by atomic mass is 10.1. The van der Waals surface area contributed by atoms with Gasteiger partial charge in [0.1, 0.15) is 0 Å². The Balaban J connectivity index is 2.29. The normalized spacial score (nSPS) is 19.9. The van der Waals surface area contributed by atoms with Gasteiger partial charge in [-0.2, -0.15) is 0 Å². The van der Waals surface area contributed by atoms with Crippen molar-refractivity contribution in [1.29, 1.82) is 0 Å². The van der Waals surface area contributed by atoms with Crippen molar-refractivity contribution in [2.24, 2.45) is 5.92 Å². The topological polar surface area (TPSA) is 46.3 Å². The molecule has 1 saturated heterocycles. The van der Waals surface area contributed by atoms with E-state index in [1.54, 1.807) is 4.90 Å². The number of anilines is 2. The summed E-state index contributed by atoms with van der Waals surface area (Å²) in [6.45, 7) is 2.53. The molecule has 0 aromatic heterocycles. The number of rotatable bonds is 1. The number of hydrogen-bond donors (Lipinski definition) is 1. The standard InChI is InChI=1S/C13H14N2O/c1-3-10-6-13(16)15(8-10)11-5-4-9(2)12(14)7-11/h1,4-5,7,10H,6,8,14H2,2H3. The third-order valence-corrected chi connectivity index (χ3v) is 2.94. The number of carbonyl (C=O) groups is 1. The Hall–Kier alpha value is -1.95. The van der Waals surface area contributed by atoms with Gasteiger partial charge in [0.15, 0.2) is 0 Å². The molecule has 0 saturated carbocycles. The highest BCUT2D eigenvalue weighted by atomic mass is 16.2. The second-order valence-electron chi connectivity index (χ2n) is 4.11. The minimum absolute atomic E-state index is 0.0232. The third-order valence-electron chi connectivity index (χ3n) is 2.94. The van der Waals surface area contributed by atoms with Crippen LogP contribution in [0.4, 0.5) is 11.4 Å². The number of nitrogen functional groups attached to an aromatic ring is 1. The van der Waals surface area contributed by atoms with E-state index in [0.717, 1.165) is 11.3 Å². The van der Waals surface area contributed by atoms with Crippen LogP contribution in [0, 0.1) is 25.2 Å². The first-order chi connectivity index (χ1) is 7.61. The Bertz CT molecular complexity index is 473. The van der Waals surface area contributed by atoms with Crippen molar-refractivity contribution in [2.45, 2.75) is 13.3 Å². The molecule has 82 valence electrons. The average molecular weight is 214 g/mol. The molecule has 1 amide bonds. The first-order valence-corrected chi connectivity index (χ1v) is 5.24. The molecule has 2 N–H and O–H groups in total. The lowest BCUT2D eigenvalue weighted by Crippen LogP contribution is -2.24. The molecule has 2 rings (SSSR count). The maximum absolute atomic E-state index is 11.7. The van der Waals surface area contributed by atoms with E-state index in [2.05, 4.69) is 5.92 Å². The molecule has 1 fully saturated rings. The highest BCUT2D eigenvalue weighted by Gasteiger charge is 2.29. The van der Waals surface area contributed by atoms with Gasteiger partial charge in [0.2, 0.25) is 5.91 Å². The Morgan fingerprint density at radius 3 is 2.88 bits per heavy atom. The summed E-state index contributed by atoms with van der Waals surface area (Å²) in [4.78, 5) is 13.4. The number of carbonyl (C=O) groups excluding carboxylic acids is 1. The van der Waals surface area contributed by atoms with E-state index in [4.69, 9.17) is 12.2 Å². The van der Waals surface area contributed by atoms with Crippen molar-refractivity contribution in [3.8, 4) is 12.3 Å². The smallest absolute Gasteiger partial charge is 0.228 e. The molecule has 1 aromatic rings. The molecule has 3 nitrogen and oxygen atoms in total. The number of amides is 1. The fourth-order valence-electron chi connectivity index (χ4n) is 1.86. The first kappa shape index (κ1) is 10.6. The van der Waals surface area contributed by atoms with Gasteiger partial charge in [-0.3, -0.25) is 4.79 Å². The number of terminal acetylenes is 1. The van der Waals surface area contributed by atoms with Crippen LogP contribution >= 0.6 is 0 Å². The van der Waals surface area contributed by atoms with Crippen molar-refractivity contribution < 1.29 is 4.79 Å². The maximum atomic E-state index is 11.7. The molecule has 0 aliphatic carbocycles. The van der Waals surface area contributed by atoms with Crippen molar-refractivity contribution in [3.05, 3.63) is 23.8 Å². The van der Waals surface area contributed by atoms with Gasteiger partial charge in [-0.05, 0) is 24.6 Å². The summed E-state index contributed by atoms with van der Waals surface area (Å²) >= 11 is 0. The predicted molar refractivity (Wildman–Crippen MR) is 64.9 cm³/mol. The lowest BCUT2D eigenvalue weighted by Gasteiger charge is -2.17. The van der Waals surface area contributed by atoms with Crippen LogP contribution < -0.4 is 10.6 Å². The van der Waals surface area contributed by atoms with E-state index in [0.29, 0.717) is 18.7 Å². The summed E-state index contributed by atoms with van der Waals surface area (Å²) in [5.74, 6) is 2.72. The van der Waals surface area contributed by atoms with Crippen LogP contribution in [0.15, 0.2) is 18.2 Å². The quantitative estimate of drug-likeness (QED) is 0.569. The minimum atomic E-state index is 0.0232. The Morgan fingerprint density at radius 1 is 1.56 bits per heavy atom. The molecule has 0 radical (unpaired) electrons. The zero-order valence-electron chi connectivity index (χ0n) is 9.23. The SMILES string of the molecule is C#CC1CC(=O)N(c2ccc(C)c(N)c2)C1. The molecular formula is C13H14N2O. The monoisotopic (exact) mass is 214 g/mol. The Labute approximate surface area is 95.2 Å². The highest BCUT2D eigenvalue weighted by Crippen LogP contribution is 2.27. The summed E-state index contributed by atoms with van der Waals surface area (Å²) in [5, 5.41) is 0. The molecule has 1 heterocycles. The molecule has 0 spiro atoms. The summed E-state index contributed by atoms with van der Waals surface area (Å²) in [6, 6.07) is 5.65. The Morgan fingerprint density at radius 2 is 2.31 bits per heavy atom. The summed E-state index contributed by atoms with van der Waals surface area (Å²) < 4.78 is 0. The number of aryl methyl sites for hydroxylation is 1. The van der Waals surface area contributed by atoms with Crippen molar-refractivity contribution in [3.63, 3.8) is 0 Å². The van der Waals surface area contributed by atoms with Crippen LogP contribution in [0.1, 0.15) is 12.0 Å². The maximum Gasteiger partial charge on any atom is 0.228 e. The molecule has 0 bridgehead atoms. The van der Waals surface area contributed by atoms with Crippen LogP contribution in [-0.4, -0.2) is 12.5 Å². The molecule has 3 heteroatoms. The van der Waals surface area contributed by atoms with E-state index in [9.17, 15) is 4.79 Å². The lowest BCUT2D eigenvalue weighted by molar-refractivity contribution is -0.117. The summed E-state index contributed by atoms with van der Waals surface area (Å²) in [5.41, 5.74) is 8.38. The molecule has 1 aliphatic heterocycles. The second-order valence-corrected chi connectivity index (χ2v) is 4.11. The van der Waals surface area contributed by atoms with Crippen LogP contribution in [-0.2, 0) is 4.79 Å². The van der Waals surface area contributed by atoms with Crippen molar-refractivity contribution in [1.82, 2.24) is 0 Å². The van der Waals surface area contributed by atoms with E-state index in [1.807, 2.05) is 25.1 Å². The van der Waals surface area contributed by atoms with Gasteiger partial charge in [-0.15, -0.1) is 12.3 Å². The third kappa shape index (κ3) is 1.74. The fraction of sp³-hybridized carbons (Fsp3) is 0.308. The number of hydrogen-bond acceptors (Lipinski definition) is 2. The Kier molecular flexibility index (Phi) is 2.57. The van der Waals surface area contributed by atoms with E-state index in [-0.39, 0.29) is 11.8 Å². The largest absolute Gasteiger partial charge is 0.398 e. The predicted octanol–water partition coefficient (Wildman–Crippen LogP) is 1.56. The summed E-state index contributed by atoms with van der Waals surface area (Å²) in [6.07, 6.45) is 5.77. The van der Waals surface area contributed by atoms with Crippen molar-refractivity contribution >= 4 is 17.3 Å². The van der Waals surface area contributed by atoms with Gasteiger partial charge in [0.25, 0.3) is 0 Å². The zero-order chi connectivity index (χ0) is 11.7.